The van der Waals surface area contributed by atoms with E-state index >= 15 is 0 Å². The third kappa shape index (κ3) is 7.68. The zero-order valence-corrected chi connectivity index (χ0v) is 18.8. The molecule has 2 heterocycles. The van der Waals surface area contributed by atoms with Crippen molar-refractivity contribution < 1.29 is 9.59 Å². The lowest BCUT2D eigenvalue weighted by atomic mass is 10.1. The highest BCUT2D eigenvalue weighted by Gasteiger charge is 2.27. The van der Waals surface area contributed by atoms with E-state index in [0.29, 0.717) is 18.9 Å². The van der Waals surface area contributed by atoms with Gasteiger partial charge in [0.1, 0.15) is 6.29 Å². The molecule has 0 spiro atoms. The SMILES string of the molecule is CC(C)CC=O.Cc1ncsc1-c1ccc(CNC(=O)C2CCCN2C)cc1.N. The number of carbonyl (C=O) groups excluding carboxylic acids is 2. The van der Waals surface area contributed by atoms with Crippen molar-refractivity contribution in [3.05, 3.63) is 41.0 Å². The standard InChI is InChI=1S/C17H21N3OS.C5H10O.H3N/c1-12-16(22-11-19-12)14-7-5-13(6-8-14)10-18-17(21)15-4-3-9-20(15)2;1-5(2)3-4-6;/h5-8,11,15H,3-4,9-10H2,1-2H3,(H,18,21);4-5H,3H2,1-2H3;1H3. The van der Waals surface area contributed by atoms with Crippen molar-refractivity contribution in [2.24, 2.45) is 5.92 Å². The highest BCUT2D eigenvalue weighted by atomic mass is 32.1. The molecule has 1 aromatic heterocycles. The van der Waals surface area contributed by atoms with Gasteiger partial charge in [-0.25, -0.2) is 4.98 Å². The summed E-state index contributed by atoms with van der Waals surface area (Å²) < 4.78 is 0. The summed E-state index contributed by atoms with van der Waals surface area (Å²) in [7, 11) is 2.02. The number of nitrogens with zero attached hydrogens (tertiary/aromatic N) is 2. The summed E-state index contributed by atoms with van der Waals surface area (Å²) in [5.74, 6) is 0.671. The number of benzene rings is 1. The van der Waals surface area contributed by atoms with E-state index in [2.05, 4.69) is 39.5 Å². The number of rotatable bonds is 6. The maximum Gasteiger partial charge on any atom is 0.237 e. The number of likely N-dealkylation sites (N-methyl/N-ethyl adjacent to an activating group) is 1. The van der Waals surface area contributed by atoms with Gasteiger partial charge in [-0.1, -0.05) is 38.1 Å². The van der Waals surface area contributed by atoms with Crippen LogP contribution in [0.1, 0.15) is 44.4 Å². The molecule has 0 aliphatic carbocycles. The third-order valence-corrected chi connectivity index (χ3v) is 5.80. The minimum absolute atomic E-state index is 0. The smallest absolute Gasteiger partial charge is 0.237 e. The van der Waals surface area contributed by atoms with Gasteiger partial charge >= 0.3 is 0 Å². The molecular formula is C22H34N4O2S. The second-order valence-corrected chi connectivity index (χ2v) is 8.47. The number of aromatic nitrogens is 1. The Morgan fingerprint density at radius 3 is 2.48 bits per heavy atom. The van der Waals surface area contributed by atoms with E-state index in [1.165, 1.54) is 10.4 Å². The van der Waals surface area contributed by atoms with Gasteiger partial charge < -0.3 is 16.3 Å². The monoisotopic (exact) mass is 418 g/mol. The molecular weight excluding hydrogens is 384 g/mol. The molecule has 1 aromatic carbocycles. The van der Waals surface area contributed by atoms with Gasteiger partial charge in [0.15, 0.2) is 0 Å². The number of amides is 1. The summed E-state index contributed by atoms with van der Waals surface area (Å²) in [4.78, 5) is 29.4. The Hall–Kier alpha value is -2.09. The molecule has 6 nitrogen and oxygen atoms in total. The first-order valence-electron chi connectivity index (χ1n) is 9.83. The molecule has 29 heavy (non-hydrogen) atoms. The molecule has 0 saturated carbocycles. The average molecular weight is 419 g/mol. The zero-order valence-electron chi connectivity index (χ0n) is 18.0. The van der Waals surface area contributed by atoms with Gasteiger partial charge in [-0.05, 0) is 50.4 Å². The maximum absolute atomic E-state index is 12.2. The lowest BCUT2D eigenvalue weighted by molar-refractivity contribution is -0.125. The predicted octanol–water partition coefficient (Wildman–Crippen LogP) is 4.22. The van der Waals surface area contributed by atoms with E-state index in [4.69, 9.17) is 0 Å². The number of hydrogen-bond donors (Lipinski definition) is 2. The van der Waals surface area contributed by atoms with E-state index in [1.807, 2.05) is 33.3 Å². The highest BCUT2D eigenvalue weighted by Crippen LogP contribution is 2.27. The molecule has 3 rings (SSSR count). The molecule has 4 N–H and O–H groups in total. The molecule has 1 unspecified atom stereocenters. The van der Waals surface area contributed by atoms with Gasteiger partial charge in [0.2, 0.25) is 5.91 Å². The summed E-state index contributed by atoms with van der Waals surface area (Å²) >= 11 is 1.66. The summed E-state index contributed by atoms with van der Waals surface area (Å²) in [6, 6.07) is 8.40. The summed E-state index contributed by atoms with van der Waals surface area (Å²) in [5.41, 5.74) is 5.25. The van der Waals surface area contributed by atoms with Crippen molar-refractivity contribution in [3.63, 3.8) is 0 Å². The second-order valence-electron chi connectivity index (χ2n) is 7.62. The summed E-state index contributed by atoms with van der Waals surface area (Å²) in [6.07, 6.45) is 3.72. The van der Waals surface area contributed by atoms with Crippen LogP contribution in [0, 0.1) is 12.8 Å². The van der Waals surface area contributed by atoms with E-state index in [1.54, 1.807) is 11.3 Å². The van der Waals surface area contributed by atoms with Crippen molar-refractivity contribution >= 4 is 23.5 Å². The molecule has 0 radical (unpaired) electrons. The van der Waals surface area contributed by atoms with Crippen LogP contribution in [0.15, 0.2) is 29.8 Å². The quantitative estimate of drug-likeness (QED) is 0.685. The van der Waals surface area contributed by atoms with Crippen LogP contribution < -0.4 is 11.5 Å². The number of thiazole rings is 1. The lowest BCUT2D eigenvalue weighted by Gasteiger charge is -2.18. The fraction of sp³-hybridized carbons (Fsp3) is 0.500. The first-order chi connectivity index (χ1) is 13.4. The van der Waals surface area contributed by atoms with Gasteiger partial charge in [-0.2, -0.15) is 0 Å². The number of aryl methyl sites for hydroxylation is 1. The fourth-order valence-electron chi connectivity index (χ4n) is 3.09. The molecule has 1 saturated heterocycles. The molecule has 1 fully saturated rings. The highest BCUT2D eigenvalue weighted by molar-refractivity contribution is 7.13. The second kappa shape index (κ2) is 12.5. The number of nitrogens with one attached hydrogen (secondary N) is 1. The Morgan fingerprint density at radius 1 is 1.34 bits per heavy atom. The van der Waals surface area contributed by atoms with Gasteiger partial charge in [0.25, 0.3) is 0 Å². The summed E-state index contributed by atoms with van der Waals surface area (Å²) in [6.45, 7) is 7.67. The Balaban J connectivity index is 0.000000529. The van der Waals surface area contributed by atoms with Crippen LogP contribution in [0.5, 0.6) is 0 Å². The van der Waals surface area contributed by atoms with Crippen LogP contribution in [-0.4, -0.2) is 41.7 Å². The van der Waals surface area contributed by atoms with Gasteiger partial charge in [0.05, 0.1) is 22.1 Å². The summed E-state index contributed by atoms with van der Waals surface area (Å²) in [5, 5.41) is 3.05. The van der Waals surface area contributed by atoms with Crippen LogP contribution in [-0.2, 0) is 16.1 Å². The first kappa shape index (κ1) is 24.9. The van der Waals surface area contributed by atoms with Crippen LogP contribution in [0.2, 0.25) is 0 Å². The minimum Gasteiger partial charge on any atom is -0.351 e. The van der Waals surface area contributed by atoms with E-state index in [-0.39, 0.29) is 18.1 Å². The Morgan fingerprint density at radius 2 is 2.03 bits per heavy atom. The van der Waals surface area contributed by atoms with Crippen LogP contribution in [0.25, 0.3) is 10.4 Å². The van der Waals surface area contributed by atoms with Crippen molar-refractivity contribution in [1.29, 1.82) is 0 Å². The number of hydrogen-bond acceptors (Lipinski definition) is 6. The van der Waals surface area contributed by atoms with Crippen molar-refractivity contribution in [3.8, 4) is 10.4 Å². The largest absolute Gasteiger partial charge is 0.351 e. The molecule has 1 aliphatic rings. The normalized spacial score (nSPS) is 16.0. The van der Waals surface area contributed by atoms with Gasteiger partial charge in [-0.15, -0.1) is 11.3 Å². The zero-order chi connectivity index (χ0) is 20.5. The molecule has 1 atom stereocenters. The number of likely N-dealkylation sites (tertiary alicyclic amines) is 1. The Kier molecular flexibility index (Phi) is 10.7. The van der Waals surface area contributed by atoms with E-state index < -0.39 is 0 Å². The van der Waals surface area contributed by atoms with Gasteiger partial charge in [0, 0.05) is 13.0 Å². The van der Waals surface area contributed by atoms with E-state index in [0.717, 1.165) is 36.9 Å². The topological polar surface area (TPSA) is 97.3 Å². The van der Waals surface area contributed by atoms with Crippen LogP contribution >= 0.6 is 11.3 Å². The molecule has 7 heteroatoms. The average Bonchev–Trinajstić information content (AvgIpc) is 3.29. The van der Waals surface area contributed by atoms with Crippen molar-refractivity contribution in [2.75, 3.05) is 13.6 Å². The lowest BCUT2D eigenvalue weighted by Crippen LogP contribution is -2.41. The van der Waals surface area contributed by atoms with Crippen molar-refractivity contribution in [1.82, 2.24) is 21.4 Å². The van der Waals surface area contributed by atoms with Crippen LogP contribution in [0.3, 0.4) is 0 Å². The molecule has 2 aromatic rings. The Bertz CT molecular complexity index is 758. The minimum atomic E-state index is 0. The molecule has 1 aliphatic heterocycles. The van der Waals surface area contributed by atoms with E-state index in [9.17, 15) is 9.59 Å². The maximum atomic E-state index is 12.2. The van der Waals surface area contributed by atoms with Crippen LogP contribution in [0.4, 0.5) is 0 Å². The molecule has 1 amide bonds. The number of carbonyl (C=O) groups is 2. The number of aldehydes is 1. The third-order valence-electron chi connectivity index (χ3n) is 4.82. The molecule has 0 bridgehead atoms. The molecule has 160 valence electrons. The Labute approximate surface area is 178 Å². The van der Waals surface area contributed by atoms with Gasteiger partial charge in [-0.3, -0.25) is 9.69 Å². The van der Waals surface area contributed by atoms with Crippen molar-refractivity contribution in [2.45, 2.75) is 52.6 Å². The predicted molar refractivity (Wildman–Crippen MR) is 120 cm³/mol. The fourth-order valence-corrected chi connectivity index (χ4v) is 3.91. The first-order valence-corrected chi connectivity index (χ1v) is 10.7.